The summed E-state index contributed by atoms with van der Waals surface area (Å²) >= 11 is 0. The molecule has 0 radical (unpaired) electrons. The van der Waals surface area contributed by atoms with E-state index >= 15 is 0 Å². The van der Waals surface area contributed by atoms with E-state index in [-0.39, 0.29) is 5.91 Å². The second-order valence-corrected chi connectivity index (χ2v) is 2.81. The molecule has 0 aliphatic carbocycles. The lowest BCUT2D eigenvalue weighted by molar-refractivity contribution is 0.0924. The number of hydrogen-bond donors (Lipinski definition) is 0. The molecule has 0 bridgehead atoms. The van der Waals surface area contributed by atoms with Gasteiger partial charge in [0.15, 0.2) is 5.69 Å². The molecule has 68 valence electrons. The maximum atomic E-state index is 11.1. The van der Waals surface area contributed by atoms with Gasteiger partial charge in [-0.2, -0.15) is 4.68 Å². The number of benzene rings is 1. The van der Waals surface area contributed by atoms with Crippen LogP contribution in [0.1, 0.15) is 11.7 Å². The van der Waals surface area contributed by atoms with E-state index in [9.17, 15) is 4.79 Å². The van der Waals surface area contributed by atoms with Crippen LogP contribution < -0.4 is 0 Å². The maximum Gasteiger partial charge on any atom is 0.245 e. The fourth-order valence-electron chi connectivity index (χ4n) is 1.21. The summed E-state index contributed by atoms with van der Waals surface area (Å²) in [6.45, 7) is 8.24. The van der Waals surface area contributed by atoms with Gasteiger partial charge in [-0.1, -0.05) is 11.3 Å². The molecule has 5 nitrogen and oxygen atoms in total. The monoisotopic (exact) mass is 186 g/mol. The van der Waals surface area contributed by atoms with Crippen molar-refractivity contribution >= 4 is 22.6 Å². The van der Waals surface area contributed by atoms with Crippen LogP contribution in [0.4, 0.5) is 5.69 Å². The third-order valence-electron chi connectivity index (χ3n) is 1.86. The summed E-state index contributed by atoms with van der Waals surface area (Å²) in [5, 5.41) is 7.49. The average Bonchev–Trinajstić information content (AvgIpc) is 2.59. The fraction of sp³-hybridized carbons (Fsp3) is 0.111. The van der Waals surface area contributed by atoms with Crippen LogP contribution in [0.2, 0.25) is 0 Å². The summed E-state index contributed by atoms with van der Waals surface area (Å²) in [5.74, 6) is -0.213. The van der Waals surface area contributed by atoms with Gasteiger partial charge in [0.25, 0.3) is 0 Å². The zero-order valence-corrected chi connectivity index (χ0v) is 7.43. The maximum absolute atomic E-state index is 11.1. The second kappa shape index (κ2) is 2.92. The second-order valence-electron chi connectivity index (χ2n) is 2.81. The molecule has 1 aromatic heterocycles. The smallest absolute Gasteiger partial charge is 0.245 e. The molecule has 1 aromatic carbocycles. The van der Waals surface area contributed by atoms with Gasteiger partial charge < -0.3 is 0 Å². The minimum Gasteiger partial charge on any atom is -0.273 e. The van der Waals surface area contributed by atoms with Crippen LogP contribution in [-0.4, -0.2) is 20.9 Å². The number of carbonyl (C=O) groups excluding carboxylic acids is 1. The first-order valence-corrected chi connectivity index (χ1v) is 3.96. The van der Waals surface area contributed by atoms with Crippen LogP contribution in [0, 0.1) is 6.57 Å². The zero-order valence-electron chi connectivity index (χ0n) is 7.43. The molecule has 0 amide bonds. The third kappa shape index (κ3) is 1.13. The van der Waals surface area contributed by atoms with Gasteiger partial charge in [-0.15, -0.1) is 5.10 Å². The molecule has 2 aromatic rings. The Labute approximate surface area is 79.8 Å². The molecule has 1 heterocycles. The summed E-state index contributed by atoms with van der Waals surface area (Å²) < 4.78 is 1.18. The largest absolute Gasteiger partial charge is 0.273 e. The van der Waals surface area contributed by atoms with E-state index in [1.54, 1.807) is 18.2 Å². The SMILES string of the molecule is [C-]#[N+]c1ccc2nnn(C(C)=O)c2c1. The number of fused-ring (bicyclic) bond motifs is 1. The van der Waals surface area contributed by atoms with Crippen LogP contribution >= 0.6 is 0 Å². The topological polar surface area (TPSA) is 52.1 Å². The van der Waals surface area contributed by atoms with E-state index in [4.69, 9.17) is 6.57 Å². The van der Waals surface area contributed by atoms with Crippen LogP contribution in [0.5, 0.6) is 0 Å². The number of hydrogen-bond acceptors (Lipinski definition) is 3. The molecular weight excluding hydrogens is 180 g/mol. The highest BCUT2D eigenvalue weighted by Gasteiger charge is 2.07. The predicted molar refractivity (Wildman–Crippen MR) is 50.1 cm³/mol. The van der Waals surface area contributed by atoms with Crippen LogP contribution in [-0.2, 0) is 0 Å². The highest BCUT2D eigenvalue weighted by molar-refractivity contribution is 5.89. The van der Waals surface area contributed by atoms with Gasteiger partial charge in [-0.25, -0.2) is 4.85 Å². The summed E-state index contributed by atoms with van der Waals surface area (Å²) in [4.78, 5) is 14.4. The number of aromatic nitrogens is 3. The van der Waals surface area contributed by atoms with Crippen molar-refractivity contribution in [3.8, 4) is 0 Å². The molecule has 2 rings (SSSR count). The van der Waals surface area contributed by atoms with Crippen molar-refractivity contribution in [2.75, 3.05) is 0 Å². The van der Waals surface area contributed by atoms with Crippen LogP contribution in [0.25, 0.3) is 15.9 Å². The lowest BCUT2D eigenvalue weighted by Crippen LogP contribution is -2.06. The Kier molecular flexibility index (Phi) is 1.75. The van der Waals surface area contributed by atoms with Gasteiger partial charge in [0.1, 0.15) is 5.52 Å². The van der Waals surface area contributed by atoms with E-state index in [2.05, 4.69) is 15.2 Å². The molecule has 5 heteroatoms. The Balaban J connectivity index is 2.77. The Morgan fingerprint density at radius 1 is 1.57 bits per heavy atom. The fourth-order valence-corrected chi connectivity index (χ4v) is 1.21. The molecule has 0 N–H and O–H groups in total. The van der Waals surface area contributed by atoms with Gasteiger partial charge in [0.2, 0.25) is 5.91 Å². The Morgan fingerprint density at radius 2 is 2.36 bits per heavy atom. The van der Waals surface area contributed by atoms with Crippen molar-refractivity contribution in [2.45, 2.75) is 6.92 Å². The molecule has 0 aliphatic rings. The quantitative estimate of drug-likeness (QED) is 0.587. The summed E-state index contributed by atoms with van der Waals surface area (Å²) in [5.41, 5.74) is 1.67. The first kappa shape index (κ1) is 8.38. The summed E-state index contributed by atoms with van der Waals surface area (Å²) in [6.07, 6.45) is 0. The minimum absolute atomic E-state index is 0.213. The van der Waals surface area contributed by atoms with Crippen molar-refractivity contribution in [3.63, 3.8) is 0 Å². The van der Waals surface area contributed by atoms with Crippen molar-refractivity contribution < 1.29 is 4.79 Å². The first-order valence-electron chi connectivity index (χ1n) is 3.96. The predicted octanol–water partition coefficient (Wildman–Crippen LogP) is 1.64. The molecule has 0 saturated carbocycles. The molecule has 0 fully saturated rings. The summed E-state index contributed by atoms with van der Waals surface area (Å²) in [6, 6.07) is 4.92. The van der Waals surface area contributed by atoms with E-state index in [0.29, 0.717) is 16.7 Å². The lowest BCUT2D eigenvalue weighted by Gasteiger charge is -1.94. The van der Waals surface area contributed by atoms with Crippen LogP contribution in [0.15, 0.2) is 18.2 Å². The van der Waals surface area contributed by atoms with E-state index in [1.807, 2.05) is 0 Å². The standard InChI is InChI=1S/C9H6N4O/c1-6(14)13-9-5-7(10-2)3-4-8(9)11-12-13/h3-5H,1H3. The molecule has 0 atom stereocenters. The van der Waals surface area contributed by atoms with Crippen molar-refractivity contribution in [1.29, 1.82) is 0 Å². The van der Waals surface area contributed by atoms with Gasteiger partial charge >= 0.3 is 0 Å². The molecule has 14 heavy (non-hydrogen) atoms. The van der Waals surface area contributed by atoms with Gasteiger partial charge in [0.05, 0.1) is 12.1 Å². The molecule has 0 unspecified atom stereocenters. The molecule has 0 aliphatic heterocycles. The normalized spacial score (nSPS) is 10.0. The third-order valence-corrected chi connectivity index (χ3v) is 1.86. The van der Waals surface area contributed by atoms with E-state index in [1.165, 1.54) is 11.6 Å². The van der Waals surface area contributed by atoms with E-state index < -0.39 is 0 Å². The highest BCUT2D eigenvalue weighted by atomic mass is 16.2. The van der Waals surface area contributed by atoms with Crippen molar-refractivity contribution in [2.24, 2.45) is 0 Å². The number of rotatable bonds is 0. The summed E-state index contributed by atoms with van der Waals surface area (Å²) in [7, 11) is 0. The number of nitrogens with zero attached hydrogens (tertiary/aromatic N) is 4. The van der Waals surface area contributed by atoms with Crippen LogP contribution in [0.3, 0.4) is 0 Å². The van der Waals surface area contributed by atoms with E-state index in [0.717, 1.165) is 0 Å². The zero-order chi connectivity index (χ0) is 10.1. The Hall–Kier alpha value is -2.22. The van der Waals surface area contributed by atoms with Crippen molar-refractivity contribution in [3.05, 3.63) is 29.6 Å². The van der Waals surface area contributed by atoms with Gasteiger partial charge in [-0.05, 0) is 12.1 Å². The highest BCUT2D eigenvalue weighted by Crippen LogP contribution is 2.19. The first-order chi connectivity index (χ1) is 6.72. The van der Waals surface area contributed by atoms with Gasteiger partial charge in [0, 0.05) is 6.92 Å². The van der Waals surface area contributed by atoms with Gasteiger partial charge in [-0.3, -0.25) is 4.79 Å². The minimum atomic E-state index is -0.213. The number of carbonyl (C=O) groups is 1. The Morgan fingerprint density at radius 3 is 3.00 bits per heavy atom. The Bertz CT molecular complexity index is 549. The molecule has 0 spiro atoms. The molecule has 0 saturated heterocycles. The molecular formula is C9H6N4O. The lowest BCUT2D eigenvalue weighted by atomic mass is 10.3. The van der Waals surface area contributed by atoms with Crippen molar-refractivity contribution in [1.82, 2.24) is 15.0 Å². The average molecular weight is 186 g/mol.